The van der Waals surface area contributed by atoms with Gasteiger partial charge in [0, 0.05) is 33.9 Å². The summed E-state index contributed by atoms with van der Waals surface area (Å²) in [6.45, 7) is 2.13. The summed E-state index contributed by atoms with van der Waals surface area (Å²) < 4.78 is 0. The first kappa shape index (κ1) is 13.1. The zero-order chi connectivity index (χ0) is 12.1. The van der Waals surface area contributed by atoms with Gasteiger partial charge in [-0.25, -0.2) is 4.98 Å². The molecule has 5 heteroatoms. The van der Waals surface area contributed by atoms with Gasteiger partial charge in [0.25, 0.3) is 0 Å². The van der Waals surface area contributed by atoms with E-state index in [2.05, 4.69) is 34.1 Å². The van der Waals surface area contributed by atoms with E-state index in [4.69, 9.17) is 5.73 Å². The van der Waals surface area contributed by atoms with Crippen LogP contribution in [0.2, 0.25) is 0 Å². The number of nitrogens with two attached hydrogens (primary N) is 1. The van der Waals surface area contributed by atoms with E-state index >= 15 is 0 Å². The maximum atomic E-state index is 5.88. The molecule has 0 saturated heterocycles. The minimum atomic E-state index is 0.315. The highest BCUT2D eigenvalue weighted by Gasteiger charge is 2.06. The molecule has 0 amide bonds. The first-order valence-electron chi connectivity index (χ1n) is 5.60. The number of aromatic nitrogens is 1. The third kappa shape index (κ3) is 3.81. The standard InChI is InChI=1S/C12H16N2S3/c1-2-10(13)6-16-7-11-8-17-12(14-11)9-3-4-15-5-9/h3-5,8,10H,2,6-7,13H2,1H3. The van der Waals surface area contributed by atoms with E-state index in [1.807, 2.05) is 11.8 Å². The number of thioether (sulfide) groups is 1. The number of thiophene rings is 1. The van der Waals surface area contributed by atoms with Gasteiger partial charge >= 0.3 is 0 Å². The SMILES string of the molecule is CCC(N)CSCc1csc(-c2ccsc2)n1. The van der Waals surface area contributed by atoms with Gasteiger partial charge in [-0.3, -0.25) is 0 Å². The van der Waals surface area contributed by atoms with E-state index < -0.39 is 0 Å². The molecular weight excluding hydrogens is 268 g/mol. The average molecular weight is 284 g/mol. The lowest BCUT2D eigenvalue weighted by atomic mass is 10.3. The lowest BCUT2D eigenvalue weighted by Gasteiger charge is -2.06. The molecule has 1 unspecified atom stereocenters. The number of nitrogens with zero attached hydrogens (tertiary/aromatic N) is 1. The maximum absolute atomic E-state index is 5.88. The molecule has 0 fully saturated rings. The second kappa shape index (κ2) is 6.54. The zero-order valence-corrected chi connectivity index (χ0v) is 12.2. The topological polar surface area (TPSA) is 38.9 Å². The normalized spacial score (nSPS) is 12.8. The predicted octanol–water partition coefficient (Wildman–Crippen LogP) is 3.84. The summed E-state index contributed by atoms with van der Waals surface area (Å²) in [6.07, 6.45) is 1.05. The van der Waals surface area contributed by atoms with Crippen molar-refractivity contribution < 1.29 is 0 Å². The maximum Gasteiger partial charge on any atom is 0.124 e. The number of hydrogen-bond donors (Lipinski definition) is 1. The molecule has 17 heavy (non-hydrogen) atoms. The van der Waals surface area contributed by atoms with Gasteiger partial charge in [-0.2, -0.15) is 23.1 Å². The predicted molar refractivity (Wildman–Crippen MR) is 79.9 cm³/mol. The Morgan fingerprint density at radius 1 is 1.47 bits per heavy atom. The van der Waals surface area contributed by atoms with Crippen LogP contribution in [0.3, 0.4) is 0 Å². The molecule has 2 aromatic heterocycles. The Kier molecular flexibility index (Phi) is 5.03. The van der Waals surface area contributed by atoms with Gasteiger partial charge in [0.2, 0.25) is 0 Å². The molecular formula is C12H16N2S3. The molecule has 0 bridgehead atoms. The molecule has 2 N–H and O–H groups in total. The fourth-order valence-electron chi connectivity index (χ4n) is 1.32. The molecule has 0 saturated carbocycles. The van der Waals surface area contributed by atoms with Gasteiger partial charge < -0.3 is 5.73 Å². The highest BCUT2D eigenvalue weighted by atomic mass is 32.2. The third-order valence-corrected chi connectivity index (χ3v) is 5.21. The van der Waals surface area contributed by atoms with Crippen LogP contribution in [-0.4, -0.2) is 16.8 Å². The summed E-state index contributed by atoms with van der Waals surface area (Å²) in [5, 5.41) is 7.51. The van der Waals surface area contributed by atoms with Crippen LogP contribution in [0.1, 0.15) is 19.0 Å². The molecule has 0 aliphatic heterocycles. The number of rotatable bonds is 6. The Bertz CT molecular complexity index is 436. The van der Waals surface area contributed by atoms with Crippen molar-refractivity contribution in [2.24, 2.45) is 5.73 Å². The minimum absolute atomic E-state index is 0.315. The van der Waals surface area contributed by atoms with Crippen LogP contribution in [0.25, 0.3) is 10.6 Å². The molecule has 2 aromatic rings. The van der Waals surface area contributed by atoms with Gasteiger partial charge in [0.15, 0.2) is 0 Å². The van der Waals surface area contributed by atoms with Crippen LogP contribution >= 0.6 is 34.4 Å². The van der Waals surface area contributed by atoms with Crippen molar-refractivity contribution in [2.45, 2.75) is 25.1 Å². The summed E-state index contributed by atoms with van der Waals surface area (Å²) in [6, 6.07) is 2.43. The van der Waals surface area contributed by atoms with Crippen molar-refractivity contribution in [1.82, 2.24) is 4.98 Å². The van der Waals surface area contributed by atoms with E-state index in [1.165, 1.54) is 11.3 Å². The van der Waals surface area contributed by atoms with Gasteiger partial charge in [-0.1, -0.05) is 6.92 Å². The van der Waals surface area contributed by atoms with E-state index in [9.17, 15) is 0 Å². The Morgan fingerprint density at radius 3 is 3.06 bits per heavy atom. The van der Waals surface area contributed by atoms with Crippen LogP contribution in [0, 0.1) is 0 Å². The van der Waals surface area contributed by atoms with Crippen molar-refractivity contribution in [3.05, 3.63) is 27.9 Å². The van der Waals surface area contributed by atoms with Crippen molar-refractivity contribution >= 4 is 34.4 Å². The Hall–Kier alpha value is -0.360. The Balaban J connectivity index is 1.87. The summed E-state index contributed by atoms with van der Waals surface area (Å²) in [5.74, 6) is 1.98. The smallest absolute Gasteiger partial charge is 0.124 e. The number of hydrogen-bond acceptors (Lipinski definition) is 5. The first-order chi connectivity index (χ1) is 8.29. The molecule has 1 atom stereocenters. The monoisotopic (exact) mass is 284 g/mol. The summed E-state index contributed by atoms with van der Waals surface area (Å²) >= 11 is 5.31. The minimum Gasteiger partial charge on any atom is -0.327 e. The summed E-state index contributed by atoms with van der Waals surface area (Å²) in [5.41, 5.74) is 8.29. The quantitative estimate of drug-likeness (QED) is 0.876. The van der Waals surface area contributed by atoms with Gasteiger partial charge in [0.1, 0.15) is 5.01 Å². The molecule has 0 radical (unpaired) electrons. The van der Waals surface area contributed by atoms with Crippen LogP contribution in [0.15, 0.2) is 22.2 Å². The molecule has 0 aromatic carbocycles. The molecule has 2 heterocycles. The highest BCUT2D eigenvalue weighted by molar-refractivity contribution is 7.98. The lowest BCUT2D eigenvalue weighted by molar-refractivity contribution is 0.724. The third-order valence-electron chi connectivity index (χ3n) is 2.43. The largest absolute Gasteiger partial charge is 0.327 e. The fraction of sp³-hybridized carbons (Fsp3) is 0.417. The first-order valence-corrected chi connectivity index (χ1v) is 8.57. The molecule has 0 aliphatic carbocycles. The van der Waals surface area contributed by atoms with Gasteiger partial charge in [-0.05, 0) is 17.9 Å². The van der Waals surface area contributed by atoms with E-state index in [0.29, 0.717) is 6.04 Å². The van der Waals surface area contributed by atoms with E-state index in [0.717, 1.165) is 22.9 Å². The fourth-order valence-corrected chi connectivity index (χ4v) is 3.98. The van der Waals surface area contributed by atoms with Crippen molar-refractivity contribution in [3.63, 3.8) is 0 Å². The molecule has 2 rings (SSSR count). The second-order valence-corrected chi connectivity index (χ2v) is 6.51. The molecule has 0 aliphatic rings. The Labute approximate surface area is 114 Å². The van der Waals surface area contributed by atoms with Crippen LogP contribution in [0.5, 0.6) is 0 Å². The molecule has 2 nitrogen and oxygen atoms in total. The van der Waals surface area contributed by atoms with Crippen molar-refractivity contribution in [2.75, 3.05) is 5.75 Å². The molecule has 92 valence electrons. The van der Waals surface area contributed by atoms with Crippen molar-refractivity contribution in [1.29, 1.82) is 0 Å². The summed E-state index contributed by atoms with van der Waals surface area (Å²) in [4.78, 5) is 4.64. The van der Waals surface area contributed by atoms with Crippen LogP contribution in [-0.2, 0) is 5.75 Å². The van der Waals surface area contributed by atoms with Gasteiger partial charge in [0.05, 0.1) is 5.69 Å². The van der Waals surface area contributed by atoms with Crippen LogP contribution < -0.4 is 5.73 Å². The molecule has 0 spiro atoms. The van der Waals surface area contributed by atoms with E-state index in [1.54, 1.807) is 22.7 Å². The van der Waals surface area contributed by atoms with Crippen molar-refractivity contribution in [3.8, 4) is 10.6 Å². The zero-order valence-electron chi connectivity index (χ0n) is 9.76. The average Bonchev–Trinajstić information content (AvgIpc) is 2.98. The Morgan fingerprint density at radius 2 is 2.35 bits per heavy atom. The highest BCUT2D eigenvalue weighted by Crippen LogP contribution is 2.27. The summed E-state index contributed by atoms with van der Waals surface area (Å²) in [7, 11) is 0. The van der Waals surface area contributed by atoms with E-state index in [-0.39, 0.29) is 0 Å². The van der Waals surface area contributed by atoms with Gasteiger partial charge in [-0.15, -0.1) is 11.3 Å². The second-order valence-electron chi connectivity index (χ2n) is 3.84. The lowest BCUT2D eigenvalue weighted by Crippen LogP contribution is -2.21. The number of thiazole rings is 1. The van der Waals surface area contributed by atoms with Crippen LogP contribution in [0.4, 0.5) is 0 Å².